The van der Waals surface area contributed by atoms with Crippen LogP contribution in [-0.4, -0.2) is 42.4 Å². The van der Waals surface area contributed by atoms with Crippen molar-refractivity contribution in [1.29, 1.82) is 0 Å². The van der Waals surface area contributed by atoms with Crippen LogP contribution in [0, 0.1) is 19.8 Å². The molecule has 1 aromatic rings. The van der Waals surface area contributed by atoms with Crippen LogP contribution in [-0.2, 0) is 24.5 Å². The highest BCUT2D eigenvalue weighted by Crippen LogP contribution is 2.45. The van der Waals surface area contributed by atoms with E-state index in [4.69, 9.17) is 10.5 Å². The number of aryl methyl sites for hydroxylation is 2. The maximum absolute atomic E-state index is 12.8. The summed E-state index contributed by atoms with van der Waals surface area (Å²) in [5.74, 6) is -0.992. The molecule has 27 heavy (non-hydrogen) atoms. The number of nitrogens with zero attached hydrogens (tertiary/aromatic N) is 1. The van der Waals surface area contributed by atoms with Crippen LogP contribution < -0.4 is 5.73 Å². The molecule has 0 atom stereocenters. The molecule has 1 saturated heterocycles. The van der Waals surface area contributed by atoms with Gasteiger partial charge in [0.15, 0.2) is 6.61 Å². The van der Waals surface area contributed by atoms with Gasteiger partial charge in [0.05, 0.1) is 5.41 Å². The summed E-state index contributed by atoms with van der Waals surface area (Å²) in [6, 6.07) is 6.17. The van der Waals surface area contributed by atoms with Gasteiger partial charge in [0.25, 0.3) is 5.91 Å². The number of hydrogen-bond acceptors (Lipinski definition) is 4. The number of benzene rings is 1. The molecule has 0 aromatic heterocycles. The van der Waals surface area contributed by atoms with Crippen LogP contribution in [0.1, 0.15) is 48.8 Å². The van der Waals surface area contributed by atoms with Crippen molar-refractivity contribution in [3.05, 3.63) is 34.9 Å². The topological polar surface area (TPSA) is 89.7 Å². The fourth-order valence-electron chi connectivity index (χ4n) is 4.16. The molecule has 1 aliphatic heterocycles. The molecule has 1 aliphatic carbocycles. The van der Waals surface area contributed by atoms with Crippen molar-refractivity contribution in [2.24, 2.45) is 11.7 Å². The Morgan fingerprint density at radius 2 is 1.70 bits per heavy atom. The van der Waals surface area contributed by atoms with E-state index in [1.54, 1.807) is 4.90 Å². The van der Waals surface area contributed by atoms with Gasteiger partial charge >= 0.3 is 5.97 Å². The van der Waals surface area contributed by atoms with Gasteiger partial charge < -0.3 is 15.4 Å². The average molecular weight is 372 g/mol. The third kappa shape index (κ3) is 3.99. The van der Waals surface area contributed by atoms with Gasteiger partial charge in [0.2, 0.25) is 5.91 Å². The summed E-state index contributed by atoms with van der Waals surface area (Å²) in [6.45, 7) is 4.76. The molecule has 2 N–H and O–H groups in total. The highest BCUT2D eigenvalue weighted by molar-refractivity contribution is 5.87. The van der Waals surface area contributed by atoms with Crippen LogP contribution in [0.4, 0.5) is 0 Å². The highest BCUT2D eigenvalue weighted by Gasteiger charge is 2.47. The first-order valence-corrected chi connectivity index (χ1v) is 9.65. The number of primary amides is 1. The standard InChI is InChI=1S/C21H28N2O4/c1-14-10-15(2)12-17(11-14)21(6-3-7-21)20(26)27-13-18(24)23-8-4-16(5-9-23)19(22)25/h10-12,16H,3-9,13H2,1-2H3,(H2,22,25). The first-order valence-electron chi connectivity index (χ1n) is 9.65. The molecule has 0 spiro atoms. The van der Waals surface area contributed by atoms with Crippen molar-refractivity contribution < 1.29 is 19.1 Å². The van der Waals surface area contributed by atoms with E-state index in [9.17, 15) is 14.4 Å². The van der Waals surface area contributed by atoms with Gasteiger partial charge in [-0.2, -0.15) is 0 Å². The quantitative estimate of drug-likeness (QED) is 0.801. The van der Waals surface area contributed by atoms with Crippen LogP contribution in [0.2, 0.25) is 0 Å². The lowest BCUT2D eigenvalue weighted by molar-refractivity contribution is -0.160. The first-order chi connectivity index (χ1) is 12.8. The van der Waals surface area contributed by atoms with E-state index < -0.39 is 5.41 Å². The van der Waals surface area contributed by atoms with Crippen molar-refractivity contribution in [1.82, 2.24) is 4.90 Å². The molecule has 0 radical (unpaired) electrons. The van der Waals surface area contributed by atoms with Crippen molar-refractivity contribution in [2.45, 2.75) is 51.4 Å². The predicted molar refractivity (Wildman–Crippen MR) is 101 cm³/mol. The van der Waals surface area contributed by atoms with Crippen LogP contribution in [0.25, 0.3) is 0 Å². The molecule has 6 heteroatoms. The van der Waals surface area contributed by atoms with Gasteiger partial charge in [0.1, 0.15) is 0 Å². The zero-order valence-electron chi connectivity index (χ0n) is 16.1. The van der Waals surface area contributed by atoms with Gasteiger partial charge in [-0.1, -0.05) is 35.7 Å². The second kappa shape index (κ2) is 7.71. The Kier molecular flexibility index (Phi) is 5.53. The SMILES string of the molecule is Cc1cc(C)cc(C2(C(=O)OCC(=O)N3CCC(C(N)=O)CC3)CCC2)c1. The summed E-state index contributed by atoms with van der Waals surface area (Å²) in [7, 11) is 0. The van der Waals surface area contributed by atoms with E-state index in [0.717, 1.165) is 36.0 Å². The summed E-state index contributed by atoms with van der Waals surface area (Å²) >= 11 is 0. The summed E-state index contributed by atoms with van der Waals surface area (Å²) in [6.07, 6.45) is 3.64. The number of carbonyl (C=O) groups excluding carboxylic acids is 3. The Bertz CT molecular complexity index is 726. The van der Waals surface area contributed by atoms with Gasteiger partial charge in [-0.15, -0.1) is 0 Å². The van der Waals surface area contributed by atoms with E-state index in [1.165, 1.54) is 0 Å². The van der Waals surface area contributed by atoms with Crippen molar-refractivity contribution in [2.75, 3.05) is 19.7 Å². The smallest absolute Gasteiger partial charge is 0.317 e. The van der Waals surface area contributed by atoms with E-state index in [-0.39, 0.29) is 30.3 Å². The highest BCUT2D eigenvalue weighted by atomic mass is 16.5. The second-order valence-corrected chi connectivity index (χ2v) is 7.95. The molecule has 0 unspecified atom stereocenters. The van der Waals surface area contributed by atoms with Crippen molar-refractivity contribution in [3.8, 4) is 0 Å². The number of esters is 1. The molecule has 1 heterocycles. The molecule has 2 amide bonds. The molecule has 0 bridgehead atoms. The number of carbonyl (C=O) groups is 3. The summed E-state index contributed by atoms with van der Waals surface area (Å²) in [5.41, 5.74) is 7.94. The minimum Gasteiger partial charge on any atom is -0.455 e. The lowest BCUT2D eigenvalue weighted by Gasteiger charge is -2.40. The number of hydrogen-bond donors (Lipinski definition) is 1. The summed E-state index contributed by atoms with van der Waals surface area (Å²) < 4.78 is 5.45. The zero-order valence-corrected chi connectivity index (χ0v) is 16.1. The molecule has 2 fully saturated rings. The zero-order chi connectivity index (χ0) is 19.6. The van der Waals surface area contributed by atoms with Crippen LogP contribution in [0.3, 0.4) is 0 Å². The number of rotatable bonds is 5. The minimum atomic E-state index is -0.615. The number of nitrogens with two attached hydrogens (primary N) is 1. The fraction of sp³-hybridized carbons (Fsp3) is 0.571. The fourth-order valence-corrected chi connectivity index (χ4v) is 4.16. The Labute approximate surface area is 160 Å². The normalized spacial score (nSPS) is 19.3. The van der Waals surface area contributed by atoms with Crippen molar-refractivity contribution in [3.63, 3.8) is 0 Å². The number of likely N-dealkylation sites (tertiary alicyclic amines) is 1. The summed E-state index contributed by atoms with van der Waals surface area (Å²) in [5, 5.41) is 0. The third-order valence-electron chi connectivity index (χ3n) is 5.95. The molecular formula is C21H28N2O4. The largest absolute Gasteiger partial charge is 0.455 e. The predicted octanol–water partition coefficient (Wildman–Crippen LogP) is 1.99. The van der Waals surface area contributed by atoms with Gasteiger partial charge in [-0.3, -0.25) is 14.4 Å². The average Bonchev–Trinajstić information content (AvgIpc) is 2.58. The Morgan fingerprint density at radius 3 is 2.19 bits per heavy atom. The molecule has 1 aromatic carbocycles. The Hall–Kier alpha value is -2.37. The maximum Gasteiger partial charge on any atom is 0.317 e. The first kappa shape index (κ1) is 19.4. The third-order valence-corrected chi connectivity index (χ3v) is 5.95. The van der Waals surface area contributed by atoms with E-state index in [2.05, 4.69) is 6.07 Å². The lowest BCUT2D eigenvalue weighted by atomic mass is 9.64. The van der Waals surface area contributed by atoms with Crippen LogP contribution in [0.5, 0.6) is 0 Å². The molecule has 2 aliphatic rings. The van der Waals surface area contributed by atoms with E-state index >= 15 is 0 Å². The van der Waals surface area contributed by atoms with Gasteiger partial charge in [-0.05, 0) is 45.1 Å². The van der Waals surface area contributed by atoms with E-state index in [0.29, 0.717) is 25.9 Å². The summed E-state index contributed by atoms with van der Waals surface area (Å²) in [4.78, 5) is 38.1. The Balaban J connectivity index is 1.59. The van der Waals surface area contributed by atoms with Crippen LogP contribution in [0.15, 0.2) is 18.2 Å². The number of ether oxygens (including phenoxy) is 1. The minimum absolute atomic E-state index is 0.167. The van der Waals surface area contributed by atoms with E-state index in [1.807, 2.05) is 26.0 Å². The monoisotopic (exact) mass is 372 g/mol. The van der Waals surface area contributed by atoms with Crippen molar-refractivity contribution >= 4 is 17.8 Å². The van der Waals surface area contributed by atoms with Gasteiger partial charge in [0, 0.05) is 19.0 Å². The molecular weight excluding hydrogens is 344 g/mol. The number of amides is 2. The lowest BCUT2D eigenvalue weighted by Crippen LogP contribution is -2.46. The second-order valence-electron chi connectivity index (χ2n) is 7.95. The molecule has 3 rings (SSSR count). The molecule has 146 valence electrons. The molecule has 6 nitrogen and oxygen atoms in total. The van der Waals surface area contributed by atoms with Crippen LogP contribution >= 0.6 is 0 Å². The maximum atomic E-state index is 12.8. The number of piperidine rings is 1. The molecule has 1 saturated carbocycles. The van der Waals surface area contributed by atoms with Gasteiger partial charge in [-0.25, -0.2) is 0 Å². The Morgan fingerprint density at radius 1 is 1.11 bits per heavy atom.